The van der Waals surface area contributed by atoms with Gasteiger partial charge in [-0.2, -0.15) is 0 Å². The molecule has 28 rings (SSSR count). The largest absolute Gasteiger partial charge is 0.456 e. The smallest absolute Gasteiger partial charge is 0.144 e. The van der Waals surface area contributed by atoms with Crippen molar-refractivity contribution in [1.29, 1.82) is 0 Å². The van der Waals surface area contributed by atoms with Gasteiger partial charge >= 0.3 is 0 Å². The molecular formula is C126H93N3O3S. The van der Waals surface area contributed by atoms with Crippen LogP contribution in [0.3, 0.4) is 0 Å². The molecule has 6 aliphatic rings. The molecule has 0 fully saturated rings. The van der Waals surface area contributed by atoms with Crippen LogP contribution in [0.4, 0.5) is 51.2 Å². The van der Waals surface area contributed by atoms with Gasteiger partial charge in [-0.1, -0.05) is 289 Å². The first-order valence-corrected chi connectivity index (χ1v) is 47.8. The minimum absolute atomic E-state index is 0.296. The number of nitrogens with zero attached hydrogens (tertiary/aromatic N) is 3. The molecule has 0 saturated heterocycles. The third-order valence-electron chi connectivity index (χ3n) is 32.0. The number of para-hydroxylation sites is 5. The first-order valence-electron chi connectivity index (χ1n) is 47.0. The molecule has 0 bridgehead atoms. The standard InChI is InChI=1S/C126H93N3O3S/c1-121(2)90-44-27-22-39-80(90)109-115(121)112-103(106-87-42-25-30-48-98(87)131-118(106)109)82-62-58-78(68-93(82)123(112,5)6)129(96-46-32-49-99-102(96)86-41-24-29-47-97(86)130-99)79-59-63-83-94(69-79)124(7,8)113-104(83)107-88-60-53-71(65-100(88)132-119(107)110-81-40-23-28-45-91(81)122(3,4)116(110)113)70-51-54-75(55-52-70)128(74-37-20-15-21-38-74)77-56-61-84-92(66-77)125(9,10)114-105(84)108-89-43-26-31-50-101(89)133-120(108)111-85-64-57-76(67-95(85)126(11,12)117(111)114)127(72-33-16-13-17-34-72)73-35-18-14-19-36-73/h13-69H,1-12H3. The monoisotopic (exact) mass is 1730 g/mol. The maximum atomic E-state index is 7.69. The van der Waals surface area contributed by atoms with Gasteiger partial charge in [-0.05, 0) is 267 Å². The molecule has 7 heteroatoms. The van der Waals surface area contributed by atoms with Gasteiger partial charge in [0.25, 0.3) is 0 Å². The summed E-state index contributed by atoms with van der Waals surface area (Å²) >= 11 is 1.96. The number of hydrogen-bond donors (Lipinski definition) is 0. The van der Waals surface area contributed by atoms with Crippen LogP contribution in [0.5, 0.6) is 0 Å². The van der Waals surface area contributed by atoms with Crippen molar-refractivity contribution >= 4 is 149 Å². The van der Waals surface area contributed by atoms with E-state index in [1.807, 2.05) is 11.3 Å². The van der Waals surface area contributed by atoms with Crippen molar-refractivity contribution in [2.24, 2.45) is 0 Å². The molecule has 0 unspecified atom stereocenters. The van der Waals surface area contributed by atoms with Crippen LogP contribution in [-0.4, -0.2) is 0 Å². The van der Waals surface area contributed by atoms with Crippen LogP contribution in [0.1, 0.15) is 150 Å². The second-order valence-corrected chi connectivity index (χ2v) is 42.2. The van der Waals surface area contributed by atoms with Crippen LogP contribution in [0.2, 0.25) is 0 Å². The Hall–Kier alpha value is -15.0. The lowest BCUT2D eigenvalue weighted by Gasteiger charge is -2.32. The van der Waals surface area contributed by atoms with E-state index in [2.05, 4.69) is 444 Å². The molecule has 0 spiro atoms. The van der Waals surface area contributed by atoms with Crippen molar-refractivity contribution < 1.29 is 13.3 Å². The van der Waals surface area contributed by atoms with Crippen molar-refractivity contribution in [3.63, 3.8) is 0 Å². The van der Waals surface area contributed by atoms with Crippen molar-refractivity contribution in [2.45, 2.75) is 116 Å². The Balaban J connectivity index is 0.571. The molecule has 636 valence electrons. The third kappa shape index (κ3) is 10.0. The molecule has 22 aromatic rings. The van der Waals surface area contributed by atoms with E-state index < -0.39 is 10.8 Å². The van der Waals surface area contributed by atoms with E-state index in [-0.39, 0.29) is 21.7 Å². The number of rotatable bonds is 10. The molecule has 4 heterocycles. The summed E-state index contributed by atoms with van der Waals surface area (Å²) in [6.45, 7) is 29.6. The van der Waals surface area contributed by atoms with Crippen LogP contribution in [0.25, 0.3) is 164 Å². The first kappa shape index (κ1) is 76.8. The van der Waals surface area contributed by atoms with Crippen LogP contribution in [-0.2, 0) is 32.5 Å². The first-order chi connectivity index (χ1) is 64.5. The van der Waals surface area contributed by atoms with Crippen LogP contribution in [0.15, 0.2) is 359 Å². The topological polar surface area (TPSA) is 49.1 Å². The Bertz CT molecular complexity index is 8910. The van der Waals surface area contributed by atoms with Gasteiger partial charge in [-0.3, -0.25) is 0 Å². The molecule has 0 radical (unpaired) electrons. The second kappa shape index (κ2) is 26.4. The highest BCUT2D eigenvalue weighted by Crippen LogP contribution is 2.70. The molecule has 0 N–H and O–H groups in total. The average molecular weight is 1730 g/mol. The highest BCUT2D eigenvalue weighted by atomic mass is 32.1. The average Bonchev–Trinajstić information content (AvgIpc) is 1.51. The summed E-state index contributed by atoms with van der Waals surface area (Å²) in [4.78, 5) is 7.40. The van der Waals surface area contributed by atoms with Gasteiger partial charge in [0.1, 0.15) is 33.5 Å². The van der Waals surface area contributed by atoms with Gasteiger partial charge in [0.2, 0.25) is 0 Å². The van der Waals surface area contributed by atoms with Gasteiger partial charge in [0.05, 0.1) is 11.1 Å². The molecule has 6 aliphatic carbocycles. The zero-order chi connectivity index (χ0) is 89.3. The summed E-state index contributed by atoms with van der Waals surface area (Å²) in [5.74, 6) is 0. The van der Waals surface area contributed by atoms with E-state index in [0.29, 0.717) is 0 Å². The summed E-state index contributed by atoms with van der Waals surface area (Å²) < 4.78 is 24.4. The lowest BCUT2D eigenvalue weighted by molar-refractivity contribution is 0.600. The summed E-state index contributed by atoms with van der Waals surface area (Å²) in [7, 11) is 0. The van der Waals surface area contributed by atoms with Gasteiger partial charge in [0.15, 0.2) is 0 Å². The molecule has 0 atom stereocenters. The maximum Gasteiger partial charge on any atom is 0.144 e. The highest BCUT2D eigenvalue weighted by Gasteiger charge is 2.53. The molecule has 4 aromatic heterocycles. The minimum Gasteiger partial charge on any atom is -0.456 e. The zero-order valence-corrected chi connectivity index (χ0v) is 77.2. The highest BCUT2D eigenvalue weighted by molar-refractivity contribution is 7.26. The number of thiophene rings is 1. The van der Waals surface area contributed by atoms with Crippen molar-refractivity contribution in [2.75, 3.05) is 14.7 Å². The maximum absolute atomic E-state index is 7.69. The van der Waals surface area contributed by atoms with Crippen molar-refractivity contribution in [3.05, 3.63) is 413 Å². The van der Waals surface area contributed by atoms with Gasteiger partial charge < -0.3 is 28.0 Å². The normalized spacial score (nSPS) is 15.6. The number of hydrogen-bond acceptors (Lipinski definition) is 7. The summed E-state index contributed by atoms with van der Waals surface area (Å²) in [6, 6.07) is 129. The van der Waals surface area contributed by atoms with E-state index >= 15 is 0 Å². The van der Waals surface area contributed by atoms with Gasteiger partial charge in [-0.15, -0.1) is 11.3 Å². The van der Waals surface area contributed by atoms with Crippen LogP contribution < -0.4 is 14.7 Å². The van der Waals surface area contributed by atoms with Gasteiger partial charge in [0, 0.05) is 142 Å². The fraction of sp³-hybridized carbons (Fsp3) is 0.143. The Labute approximate surface area is 776 Å². The fourth-order valence-corrected chi connectivity index (χ4v) is 27.4. The second-order valence-electron chi connectivity index (χ2n) is 41.2. The predicted molar refractivity (Wildman–Crippen MR) is 556 cm³/mol. The molecule has 133 heavy (non-hydrogen) atoms. The predicted octanol–water partition coefficient (Wildman–Crippen LogP) is 35.7. The number of benzene rings is 18. The van der Waals surface area contributed by atoms with Crippen molar-refractivity contribution in [1.82, 2.24) is 0 Å². The zero-order valence-electron chi connectivity index (χ0n) is 76.4. The van der Waals surface area contributed by atoms with Crippen molar-refractivity contribution in [3.8, 4) is 77.9 Å². The fourth-order valence-electron chi connectivity index (χ4n) is 26.2. The van der Waals surface area contributed by atoms with E-state index in [0.717, 1.165) is 123 Å². The number of fused-ring (bicyclic) bond motifs is 39. The van der Waals surface area contributed by atoms with E-state index in [1.165, 1.54) is 159 Å². The molecular weight excluding hydrogens is 1640 g/mol. The summed E-state index contributed by atoms with van der Waals surface area (Å²) in [5.41, 5.74) is 46.8. The Morgan fingerprint density at radius 2 is 0.549 bits per heavy atom. The molecule has 6 nitrogen and oxygen atoms in total. The lowest BCUT2D eigenvalue weighted by Crippen LogP contribution is -2.24. The van der Waals surface area contributed by atoms with E-state index in [1.54, 1.807) is 0 Å². The Kier molecular flexibility index (Phi) is 15.3. The molecule has 0 aliphatic heterocycles. The molecule has 0 saturated carbocycles. The molecule has 0 amide bonds. The number of furan rings is 3. The SMILES string of the molecule is CC1(C)c2ccccc2-c2c1c1c(c3c2oc2ccccc23)-c2ccc(N(c3ccc4c(c3)C(C)(C)c3c5c(c6oc7cc(-c8ccc(N(c9ccccc9)c9ccc%10c(c9)C(C)(C)c9c%11c(c%12sc%13ccccc%13c%12c9-%10)-c9ccc(N(c%10ccccc%10)c%10ccccc%10)cc9C%11(C)C)cc8)ccc7c6c3-4)-c3ccccc3C5(C)C)c3cccc4oc5ccccc5c34)cc2C1(C)C. The minimum atomic E-state index is -0.485. The third-order valence-corrected chi connectivity index (χ3v) is 33.2. The Morgan fingerprint density at radius 1 is 0.211 bits per heavy atom. The lowest BCUT2D eigenvalue weighted by atomic mass is 9.72. The quantitative estimate of drug-likeness (QED) is 0.136. The van der Waals surface area contributed by atoms with Gasteiger partial charge in [-0.25, -0.2) is 0 Å². The van der Waals surface area contributed by atoms with Crippen LogP contribution >= 0.6 is 11.3 Å². The number of anilines is 9. The van der Waals surface area contributed by atoms with E-state index in [9.17, 15) is 0 Å². The summed E-state index contributed by atoms with van der Waals surface area (Å²) in [6.07, 6.45) is 0. The van der Waals surface area contributed by atoms with Crippen LogP contribution in [0, 0.1) is 0 Å². The molecule has 18 aromatic carbocycles. The van der Waals surface area contributed by atoms with E-state index in [4.69, 9.17) is 13.3 Å². The summed E-state index contributed by atoms with van der Waals surface area (Å²) in [5, 5.41) is 9.45. The Morgan fingerprint density at radius 3 is 1.05 bits per heavy atom.